The van der Waals surface area contributed by atoms with E-state index in [9.17, 15) is 49.7 Å². The van der Waals surface area contributed by atoms with E-state index in [0.717, 1.165) is 4.90 Å². The highest BCUT2D eigenvalue weighted by Gasteiger charge is 2.48. The fourth-order valence-electron chi connectivity index (χ4n) is 5.28. The molecule has 4 N–H and O–H groups in total. The molecule has 2 heterocycles. The van der Waals surface area contributed by atoms with Gasteiger partial charge < -0.3 is 30.1 Å². The summed E-state index contributed by atoms with van der Waals surface area (Å²) in [5.74, 6) is -4.72. The summed E-state index contributed by atoms with van der Waals surface area (Å²) in [4.78, 5) is 60.4. The van der Waals surface area contributed by atoms with Crippen molar-refractivity contribution in [3.8, 4) is 5.75 Å². The third-order valence-electron chi connectivity index (χ3n) is 7.05. The van der Waals surface area contributed by atoms with Gasteiger partial charge in [0.05, 0.1) is 31.1 Å². The van der Waals surface area contributed by atoms with E-state index in [1.807, 2.05) is 0 Å². The molecule has 1 atom stereocenters. The van der Waals surface area contributed by atoms with Gasteiger partial charge in [-0.2, -0.15) is 0 Å². The number of hydrogen-bond acceptors (Lipinski definition) is 10. The molecule has 0 saturated carbocycles. The summed E-state index contributed by atoms with van der Waals surface area (Å²) >= 11 is 0. The summed E-state index contributed by atoms with van der Waals surface area (Å²) in [6.45, 7) is 1.76. The third-order valence-corrected chi connectivity index (χ3v) is 7.05. The molecule has 226 valence electrons. The number of fused-ring (bicyclic) bond motifs is 2. The minimum absolute atomic E-state index is 0.0372. The van der Waals surface area contributed by atoms with Crippen LogP contribution >= 0.6 is 0 Å². The van der Waals surface area contributed by atoms with Crippen LogP contribution in [0.15, 0.2) is 43.0 Å². The third kappa shape index (κ3) is 6.47. The van der Waals surface area contributed by atoms with E-state index >= 15 is 0 Å². The standard InChI is InChI=1S/C28H28N4O11/c1-16-21-4-3-17(10-30(12-23(33)34)13-24(35)36)7-22(21)29(2)28(16)6-5-18-8-20(32(41)42)9-19(27(18)43-28)11-31(14-25(37)38)15-26(39)40/h3-9H,1,10-15H2,2H3,(H,33,34)(H,35,36)(H,37,38)(H,39,40). The Balaban J connectivity index is 1.71. The van der Waals surface area contributed by atoms with Crippen molar-refractivity contribution >= 4 is 46.9 Å². The van der Waals surface area contributed by atoms with Crippen LogP contribution in [0.4, 0.5) is 11.4 Å². The van der Waals surface area contributed by atoms with Crippen molar-refractivity contribution in [2.24, 2.45) is 0 Å². The van der Waals surface area contributed by atoms with E-state index in [0.29, 0.717) is 28.0 Å². The van der Waals surface area contributed by atoms with Gasteiger partial charge in [-0.3, -0.25) is 39.1 Å². The monoisotopic (exact) mass is 596 g/mol. The normalized spacial score (nSPS) is 16.7. The number of non-ortho nitro benzene ring substituents is 1. The lowest BCUT2D eigenvalue weighted by atomic mass is 9.95. The van der Waals surface area contributed by atoms with Crippen molar-refractivity contribution in [1.29, 1.82) is 0 Å². The van der Waals surface area contributed by atoms with Gasteiger partial charge in [-0.1, -0.05) is 18.7 Å². The fourth-order valence-corrected chi connectivity index (χ4v) is 5.28. The number of ether oxygens (including phenoxy) is 1. The lowest BCUT2D eigenvalue weighted by Crippen LogP contribution is -2.48. The average molecular weight is 597 g/mol. The molecule has 0 bridgehead atoms. The van der Waals surface area contributed by atoms with Gasteiger partial charge >= 0.3 is 23.9 Å². The zero-order valence-corrected chi connectivity index (χ0v) is 22.9. The van der Waals surface area contributed by atoms with E-state index < -0.39 is 60.7 Å². The Labute approximate surface area is 244 Å². The Morgan fingerprint density at radius 1 is 0.930 bits per heavy atom. The van der Waals surface area contributed by atoms with Crippen LogP contribution in [0.3, 0.4) is 0 Å². The average Bonchev–Trinajstić information content (AvgIpc) is 3.08. The number of anilines is 1. The Bertz CT molecular complexity index is 1540. The van der Waals surface area contributed by atoms with Crippen LogP contribution in [0.5, 0.6) is 5.75 Å². The van der Waals surface area contributed by atoms with Crippen LogP contribution in [0.1, 0.15) is 22.3 Å². The molecule has 1 spiro atoms. The number of nitro benzene ring substituents is 1. The van der Waals surface area contributed by atoms with Gasteiger partial charge in [-0.25, -0.2) is 0 Å². The van der Waals surface area contributed by atoms with Crippen molar-refractivity contribution in [2.75, 3.05) is 38.1 Å². The second kappa shape index (κ2) is 11.9. The van der Waals surface area contributed by atoms with E-state index in [1.165, 1.54) is 17.0 Å². The smallest absolute Gasteiger partial charge is 0.317 e. The molecule has 0 fully saturated rings. The van der Waals surface area contributed by atoms with Gasteiger partial charge in [0.2, 0.25) is 5.72 Å². The summed E-state index contributed by atoms with van der Waals surface area (Å²) in [6, 6.07) is 7.74. The largest absolute Gasteiger partial charge is 0.480 e. The predicted octanol–water partition coefficient (Wildman–Crippen LogP) is 1.80. The van der Waals surface area contributed by atoms with Gasteiger partial charge in [-0.05, 0) is 23.8 Å². The molecule has 43 heavy (non-hydrogen) atoms. The zero-order chi connectivity index (χ0) is 31.6. The number of carboxylic acid groups (broad SMARTS) is 4. The number of carbonyl (C=O) groups is 4. The van der Waals surface area contributed by atoms with E-state index in [2.05, 4.69) is 6.58 Å². The number of rotatable bonds is 13. The predicted molar refractivity (Wildman–Crippen MR) is 150 cm³/mol. The molecule has 2 aliphatic heterocycles. The number of carboxylic acids is 4. The van der Waals surface area contributed by atoms with Gasteiger partial charge in [0.1, 0.15) is 5.75 Å². The van der Waals surface area contributed by atoms with Crippen LogP contribution in [0, 0.1) is 10.1 Å². The Kier molecular flexibility index (Phi) is 8.50. The summed E-state index contributed by atoms with van der Waals surface area (Å²) in [5.41, 5.74) is 1.39. The van der Waals surface area contributed by atoms with Crippen molar-refractivity contribution in [2.45, 2.75) is 18.8 Å². The molecule has 0 radical (unpaired) electrons. The van der Waals surface area contributed by atoms with Gasteiger partial charge in [0.25, 0.3) is 5.69 Å². The first kappa shape index (κ1) is 30.7. The number of nitrogens with zero attached hydrogens (tertiary/aromatic N) is 4. The zero-order valence-electron chi connectivity index (χ0n) is 22.9. The SMILES string of the molecule is C=C1c2ccc(CN(CC(=O)O)CC(=O)O)cc2N(C)C12C=Cc1cc([N+](=O)[O-])cc(CN(CC(=O)O)CC(=O)O)c1O2. The molecule has 2 aliphatic rings. The lowest BCUT2D eigenvalue weighted by Gasteiger charge is -2.39. The molecule has 2 aromatic carbocycles. The lowest BCUT2D eigenvalue weighted by molar-refractivity contribution is -0.385. The molecular formula is C28H28N4O11. The van der Waals surface area contributed by atoms with Crippen molar-refractivity contribution < 1.29 is 49.3 Å². The van der Waals surface area contributed by atoms with Crippen LogP contribution in [0.25, 0.3) is 11.6 Å². The summed E-state index contributed by atoms with van der Waals surface area (Å²) in [6.07, 6.45) is 3.28. The summed E-state index contributed by atoms with van der Waals surface area (Å²) < 4.78 is 6.52. The molecule has 15 nitrogen and oxygen atoms in total. The van der Waals surface area contributed by atoms with Crippen LogP contribution in [0.2, 0.25) is 0 Å². The highest BCUT2D eigenvalue weighted by molar-refractivity contribution is 5.93. The highest BCUT2D eigenvalue weighted by Crippen LogP contribution is 2.51. The first-order valence-electron chi connectivity index (χ1n) is 12.8. The number of aliphatic carboxylic acids is 4. The number of hydrogen-bond donors (Lipinski definition) is 4. The Morgan fingerprint density at radius 3 is 2.02 bits per heavy atom. The maximum Gasteiger partial charge on any atom is 0.317 e. The number of benzene rings is 2. The minimum Gasteiger partial charge on any atom is -0.480 e. The molecule has 2 aromatic rings. The number of likely N-dealkylation sites (N-methyl/N-ethyl adjacent to an activating group) is 1. The molecule has 1 unspecified atom stereocenters. The summed E-state index contributed by atoms with van der Waals surface area (Å²) in [7, 11) is 1.72. The first-order valence-corrected chi connectivity index (χ1v) is 12.8. The fraction of sp³-hybridized carbons (Fsp3) is 0.286. The number of nitro groups is 1. The van der Waals surface area contributed by atoms with Crippen LogP contribution in [-0.2, 0) is 32.3 Å². The molecule has 0 aromatic heterocycles. The van der Waals surface area contributed by atoms with Gasteiger partial charge in [-0.15, -0.1) is 0 Å². The van der Waals surface area contributed by atoms with Crippen molar-refractivity contribution in [3.05, 3.63) is 75.4 Å². The van der Waals surface area contributed by atoms with Crippen LogP contribution in [-0.4, -0.2) is 98.0 Å². The second-order valence-electron chi connectivity index (χ2n) is 10.2. The Hall–Kier alpha value is -5.28. The minimum atomic E-state index is -1.31. The van der Waals surface area contributed by atoms with Crippen LogP contribution < -0.4 is 9.64 Å². The topological polar surface area (TPSA) is 211 Å². The van der Waals surface area contributed by atoms with Crippen molar-refractivity contribution in [3.63, 3.8) is 0 Å². The first-order chi connectivity index (χ1) is 20.2. The van der Waals surface area contributed by atoms with Crippen molar-refractivity contribution in [1.82, 2.24) is 9.80 Å². The molecule has 0 aliphatic carbocycles. The van der Waals surface area contributed by atoms with E-state index in [4.69, 9.17) is 4.74 Å². The second-order valence-corrected chi connectivity index (χ2v) is 10.2. The molecule has 4 rings (SSSR count). The molecule has 15 heteroatoms. The Morgan fingerprint density at radius 2 is 1.49 bits per heavy atom. The molecule has 0 amide bonds. The van der Waals surface area contributed by atoms with Gasteiger partial charge in [0, 0.05) is 60.2 Å². The highest BCUT2D eigenvalue weighted by atomic mass is 16.6. The van der Waals surface area contributed by atoms with Gasteiger partial charge in [0.15, 0.2) is 0 Å². The maximum absolute atomic E-state index is 11.7. The molecule has 0 saturated heterocycles. The molecular weight excluding hydrogens is 568 g/mol. The maximum atomic E-state index is 11.7. The quantitative estimate of drug-likeness (QED) is 0.192. The van der Waals surface area contributed by atoms with E-state index in [-0.39, 0.29) is 30.1 Å². The summed E-state index contributed by atoms with van der Waals surface area (Å²) in [5, 5.41) is 48.6. The van der Waals surface area contributed by atoms with E-state index in [1.54, 1.807) is 42.3 Å².